The fourth-order valence-corrected chi connectivity index (χ4v) is 2.50. The molecule has 0 amide bonds. The van der Waals surface area contributed by atoms with Gasteiger partial charge in [-0.3, -0.25) is 9.38 Å². The molecular weight excluding hydrogens is 258 g/mol. The fourth-order valence-electron chi connectivity index (χ4n) is 1.54. The van der Waals surface area contributed by atoms with Gasteiger partial charge in [0.2, 0.25) is 5.88 Å². The molecule has 0 spiro atoms. The van der Waals surface area contributed by atoms with Gasteiger partial charge in [0.15, 0.2) is 4.96 Å². The molecule has 3 rings (SSSR count). The van der Waals surface area contributed by atoms with Gasteiger partial charge in [-0.15, -0.1) is 22.9 Å². The summed E-state index contributed by atoms with van der Waals surface area (Å²) in [7, 11) is 0. The largest absolute Gasteiger partial charge is 0.436 e. The highest BCUT2D eigenvalue weighted by molar-refractivity contribution is 7.15. The minimum Gasteiger partial charge on any atom is -0.436 e. The predicted octanol–water partition coefficient (Wildman–Crippen LogP) is 3.32. The van der Waals surface area contributed by atoms with E-state index in [2.05, 4.69) is 9.97 Å². The number of hydrogen-bond donors (Lipinski definition) is 0. The molecule has 0 saturated carbocycles. The first kappa shape index (κ1) is 10.6. The summed E-state index contributed by atoms with van der Waals surface area (Å²) in [6, 6.07) is 3.65. The molecule has 3 aromatic rings. The first-order valence-corrected chi connectivity index (χ1v) is 6.38. The van der Waals surface area contributed by atoms with E-state index in [0.717, 1.165) is 10.7 Å². The molecule has 86 valence electrons. The van der Waals surface area contributed by atoms with Gasteiger partial charge in [0.25, 0.3) is 0 Å². The van der Waals surface area contributed by atoms with Crippen LogP contribution in [0.5, 0.6) is 11.6 Å². The second-order valence-corrected chi connectivity index (χ2v) is 4.48. The zero-order chi connectivity index (χ0) is 11.7. The molecule has 17 heavy (non-hydrogen) atoms. The number of pyridine rings is 1. The average Bonchev–Trinajstić information content (AvgIpc) is 2.90. The van der Waals surface area contributed by atoms with Crippen LogP contribution in [0.4, 0.5) is 0 Å². The molecule has 3 aromatic heterocycles. The third-order valence-corrected chi connectivity index (χ3v) is 3.31. The molecule has 0 N–H and O–H groups in total. The van der Waals surface area contributed by atoms with Crippen LogP contribution in [0.3, 0.4) is 0 Å². The first-order valence-electron chi connectivity index (χ1n) is 4.97. The average molecular weight is 266 g/mol. The molecule has 0 radical (unpaired) electrons. The van der Waals surface area contributed by atoms with Crippen molar-refractivity contribution in [3.63, 3.8) is 0 Å². The van der Waals surface area contributed by atoms with E-state index in [9.17, 15) is 0 Å². The summed E-state index contributed by atoms with van der Waals surface area (Å²) in [5.74, 6) is 1.55. The number of hydrogen-bond acceptors (Lipinski definition) is 4. The van der Waals surface area contributed by atoms with Gasteiger partial charge in [-0.25, -0.2) is 0 Å². The number of halogens is 1. The van der Waals surface area contributed by atoms with E-state index in [0.29, 0.717) is 17.5 Å². The van der Waals surface area contributed by atoms with E-state index in [1.807, 2.05) is 28.1 Å². The van der Waals surface area contributed by atoms with Crippen molar-refractivity contribution < 1.29 is 4.74 Å². The van der Waals surface area contributed by atoms with Crippen LogP contribution in [0.15, 0.2) is 36.1 Å². The van der Waals surface area contributed by atoms with E-state index in [1.165, 1.54) is 0 Å². The maximum absolute atomic E-state index is 5.92. The number of fused-ring (bicyclic) bond motifs is 1. The fraction of sp³-hybridized carbons (Fsp3) is 0.0909. The van der Waals surface area contributed by atoms with Crippen molar-refractivity contribution in [3.05, 3.63) is 41.8 Å². The molecule has 3 heterocycles. The maximum atomic E-state index is 5.92. The van der Waals surface area contributed by atoms with E-state index in [1.54, 1.807) is 23.7 Å². The van der Waals surface area contributed by atoms with Gasteiger partial charge in [-0.2, -0.15) is 4.98 Å². The molecule has 0 unspecified atom stereocenters. The number of nitrogens with zero attached hydrogens (tertiary/aromatic N) is 3. The van der Waals surface area contributed by atoms with Gasteiger partial charge in [0.1, 0.15) is 11.4 Å². The topological polar surface area (TPSA) is 39.4 Å². The molecule has 0 aliphatic heterocycles. The minimum absolute atomic E-state index is 0.355. The summed E-state index contributed by atoms with van der Waals surface area (Å²) in [6.07, 6.45) is 5.27. The zero-order valence-electron chi connectivity index (χ0n) is 8.71. The summed E-state index contributed by atoms with van der Waals surface area (Å²) >= 11 is 7.47. The van der Waals surface area contributed by atoms with Crippen molar-refractivity contribution in [2.75, 3.05) is 0 Å². The van der Waals surface area contributed by atoms with Crippen LogP contribution in [0.2, 0.25) is 0 Å². The van der Waals surface area contributed by atoms with Crippen LogP contribution >= 0.6 is 22.9 Å². The van der Waals surface area contributed by atoms with Crippen molar-refractivity contribution in [1.82, 2.24) is 14.4 Å². The molecule has 0 saturated heterocycles. The van der Waals surface area contributed by atoms with Crippen molar-refractivity contribution in [2.24, 2.45) is 0 Å². The Bertz CT molecular complexity index is 635. The van der Waals surface area contributed by atoms with E-state index >= 15 is 0 Å². The lowest BCUT2D eigenvalue weighted by Crippen LogP contribution is -1.91. The molecule has 0 aliphatic carbocycles. The highest BCUT2D eigenvalue weighted by Crippen LogP contribution is 2.28. The highest BCUT2D eigenvalue weighted by Gasteiger charge is 2.14. The van der Waals surface area contributed by atoms with Gasteiger partial charge >= 0.3 is 0 Å². The number of alkyl halides is 1. The summed E-state index contributed by atoms with van der Waals surface area (Å²) in [4.78, 5) is 9.25. The Hall–Kier alpha value is -1.59. The van der Waals surface area contributed by atoms with E-state index < -0.39 is 0 Å². The molecular formula is C11H8ClN3OS. The Morgan fingerprint density at radius 2 is 2.41 bits per heavy atom. The Morgan fingerprint density at radius 3 is 3.18 bits per heavy atom. The lowest BCUT2D eigenvalue weighted by atomic mass is 10.4. The van der Waals surface area contributed by atoms with Crippen LogP contribution in [0.25, 0.3) is 4.96 Å². The van der Waals surface area contributed by atoms with Crippen molar-refractivity contribution in [2.45, 2.75) is 5.88 Å². The summed E-state index contributed by atoms with van der Waals surface area (Å²) in [6.45, 7) is 0. The summed E-state index contributed by atoms with van der Waals surface area (Å²) in [5, 5.41) is 1.96. The van der Waals surface area contributed by atoms with Gasteiger partial charge in [-0.1, -0.05) is 0 Å². The molecule has 0 aromatic carbocycles. The Kier molecular flexibility index (Phi) is 2.70. The number of ether oxygens (including phenoxy) is 1. The normalized spacial score (nSPS) is 10.9. The Balaban J connectivity index is 2.02. The first-order chi connectivity index (χ1) is 8.38. The van der Waals surface area contributed by atoms with Crippen LogP contribution in [0, 0.1) is 0 Å². The predicted molar refractivity (Wildman–Crippen MR) is 66.9 cm³/mol. The van der Waals surface area contributed by atoms with Gasteiger partial charge in [0.05, 0.1) is 12.1 Å². The van der Waals surface area contributed by atoms with Crippen LogP contribution in [-0.4, -0.2) is 14.4 Å². The quantitative estimate of drug-likeness (QED) is 0.682. The third-order valence-electron chi connectivity index (χ3n) is 2.30. The second kappa shape index (κ2) is 4.35. The Labute approximate surface area is 106 Å². The standard InChI is InChI=1S/C11H8ClN3OS/c12-6-9-10(14-11-15(9)4-5-17-11)16-8-2-1-3-13-7-8/h1-5,7H,6H2. The third kappa shape index (κ3) is 1.87. The van der Waals surface area contributed by atoms with Gasteiger partial charge < -0.3 is 4.74 Å². The van der Waals surface area contributed by atoms with Crippen molar-refractivity contribution >= 4 is 27.9 Å². The lowest BCUT2D eigenvalue weighted by Gasteiger charge is -2.02. The van der Waals surface area contributed by atoms with E-state index in [4.69, 9.17) is 16.3 Å². The molecule has 0 atom stereocenters. The van der Waals surface area contributed by atoms with Crippen LogP contribution in [0.1, 0.15) is 5.69 Å². The molecule has 0 fully saturated rings. The van der Waals surface area contributed by atoms with Crippen molar-refractivity contribution in [3.8, 4) is 11.6 Å². The molecule has 0 bridgehead atoms. The monoisotopic (exact) mass is 265 g/mol. The van der Waals surface area contributed by atoms with Gasteiger partial charge in [-0.05, 0) is 12.1 Å². The molecule has 0 aliphatic rings. The Morgan fingerprint density at radius 1 is 1.47 bits per heavy atom. The number of imidazole rings is 1. The van der Waals surface area contributed by atoms with Crippen molar-refractivity contribution in [1.29, 1.82) is 0 Å². The number of thiazole rings is 1. The van der Waals surface area contributed by atoms with E-state index in [-0.39, 0.29) is 0 Å². The summed E-state index contributed by atoms with van der Waals surface area (Å²) < 4.78 is 7.61. The smallest absolute Gasteiger partial charge is 0.243 e. The zero-order valence-corrected chi connectivity index (χ0v) is 10.3. The number of rotatable bonds is 3. The minimum atomic E-state index is 0.355. The molecule has 4 nitrogen and oxygen atoms in total. The SMILES string of the molecule is ClCc1c(Oc2cccnc2)nc2sccn12. The van der Waals surface area contributed by atoms with Gasteiger partial charge in [0, 0.05) is 17.8 Å². The number of aromatic nitrogens is 3. The van der Waals surface area contributed by atoms with Crippen LogP contribution in [-0.2, 0) is 5.88 Å². The lowest BCUT2D eigenvalue weighted by molar-refractivity contribution is 0.459. The second-order valence-electron chi connectivity index (χ2n) is 3.34. The summed E-state index contributed by atoms with van der Waals surface area (Å²) in [5.41, 5.74) is 0.853. The highest BCUT2D eigenvalue weighted by atomic mass is 35.5. The van der Waals surface area contributed by atoms with Crippen LogP contribution < -0.4 is 4.74 Å². The maximum Gasteiger partial charge on any atom is 0.243 e. The molecule has 6 heteroatoms.